The highest BCUT2D eigenvalue weighted by Gasteiger charge is 2.23. The van der Waals surface area contributed by atoms with E-state index in [-0.39, 0.29) is 11.9 Å². The van der Waals surface area contributed by atoms with Crippen LogP contribution in [0.1, 0.15) is 28.8 Å². The molecule has 3 aromatic rings. The van der Waals surface area contributed by atoms with E-state index in [0.29, 0.717) is 0 Å². The van der Waals surface area contributed by atoms with Crippen molar-refractivity contribution < 1.29 is 4.79 Å². The lowest BCUT2D eigenvalue weighted by Crippen LogP contribution is -2.45. The lowest BCUT2D eigenvalue weighted by atomic mass is 10.0. The molecule has 4 rings (SSSR count). The first-order valence-corrected chi connectivity index (χ1v) is 9.68. The quantitative estimate of drug-likeness (QED) is 0.713. The predicted molar refractivity (Wildman–Crippen MR) is 110 cm³/mol. The molecule has 0 saturated carbocycles. The Kier molecular flexibility index (Phi) is 5.25. The highest BCUT2D eigenvalue weighted by atomic mass is 16.1. The van der Waals surface area contributed by atoms with Crippen LogP contribution in [0.25, 0.3) is 11.0 Å². The summed E-state index contributed by atoms with van der Waals surface area (Å²) < 4.78 is 0. The largest absolute Gasteiger partial charge is 0.356 e. The third-order valence-corrected chi connectivity index (χ3v) is 5.15. The van der Waals surface area contributed by atoms with Gasteiger partial charge in [0.1, 0.15) is 17.8 Å². The zero-order valence-electron chi connectivity index (χ0n) is 16.4. The minimum absolute atomic E-state index is 0.00844. The molecule has 146 valence electrons. The molecule has 0 aliphatic carbocycles. The first-order valence-electron chi connectivity index (χ1n) is 9.68. The average molecular weight is 378 g/mol. The molecule has 1 aromatic carbocycles. The van der Waals surface area contributed by atoms with Crippen LogP contribution in [-0.2, 0) is 6.54 Å². The number of aromatic nitrogens is 3. The summed E-state index contributed by atoms with van der Waals surface area (Å²) in [5, 5.41) is 4.25. The molecule has 0 atom stereocenters. The van der Waals surface area contributed by atoms with Crippen molar-refractivity contribution in [2.45, 2.75) is 25.4 Å². The second kappa shape index (κ2) is 7.98. The van der Waals surface area contributed by atoms with Gasteiger partial charge in [-0.25, -0.2) is 9.97 Å². The molecule has 1 amide bonds. The molecule has 28 heavy (non-hydrogen) atoms. The Morgan fingerprint density at radius 3 is 2.86 bits per heavy atom. The van der Waals surface area contributed by atoms with Crippen LogP contribution in [0.4, 0.5) is 5.82 Å². The van der Waals surface area contributed by atoms with Crippen molar-refractivity contribution >= 4 is 22.8 Å². The minimum Gasteiger partial charge on any atom is -0.356 e. The molecule has 1 aliphatic rings. The van der Waals surface area contributed by atoms with E-state index in [1.54, 1.807) is 6.33 Å². The van der Waals surface area contributed by atoms with E-state index in [1.807, 2.05) is 44.6 Å². The number of hydrogen-bond acceptors (Lipinski definition) is 5. The number of nitrogens with zero attached hydrogens (tertiary/aromatic N) is 4. The number of benzene rings is 1. The van der Waals surface area contributed by atoms with E-state index in [1.165, 1.54) is 0 Å². The highest BCUT2D eigenvalue weighted by Crippen LogP contribution is 2.25. The first kappa shape index (κ1) is 18.4. The van der Waals surface area contributed by atoms with E-state index >= 15 is 0 Å². The zero-order valence-corrected chi connectivity index (χ0v) is 16.4. The van der Waals surface area contributed by atoms with Gasteiger partial charge in [0.2, 0.25) is 0 Å². The Labute approximate surface area is 164 Å². The third kappa shape index (κ3) is 3.99. The van der Waals surface area contributed by atoms with Crippen LogP contribution >= 0.6 is 0 Å². The SMILES string of the molecule is CN(C)Cc1cccc(C(=O)NC2CCN(c3ncnc4[nH]ccc34)CC2)c1. The van der Waals surface area contributed by atoms with Crippen LogP contribution in [-0.4, -0.2) is 59.0 Å². The molecule has 0 spiro atoms. The van der Waals surface area contributed by atoms with Crippen molar-refractivity contribution in [2.24, 2.45) is 0 Å². The summed E-state index contributed by atoms with van der Waals surface area (Å²) in [7, 11) is 4.05. The van der Waals surface area contributed by atoms with Gasteiger partial charge < -0.3 is 20.1 Å². The Balaban J connectivity index is 1.37. The van der Waals surface area contributed by atoms with Crippen molar-refractivity contribution in [1.29, 1.82) is 0 Å². The number of aromatic amines is 1. The number of anilines is 1. The zero-order chi connectivity index (χ0) is 19.5. The van der Waals surface area contributed by atoms with Crippen molar-refractivity contribution in [3.8, 4) is 0 Å². The number of nitrogens with one attached hydrogen (secondary N) is 2. The maximum atomic E-state index is 12.7. The third-order valence-electron chi connectivity index (χ3n) is 5.15. The monoisotopic (exact) mass is 378 g/mol. The van der Waals surface area contributed by atoms with Gasteiger partial charge in [0, 0.05) is 37.4 Å². The maximum Gasteiger partial charge on any atom is 0.251 e. The molecule has 1 fully saturated rings. The second-order valence-corrected chi connectivity index (χ2v) is 7.61. The second-order valence-electron chi connectivity index (χ2n) is 7.61. The fourth-order valence-electron chi connectivity index (χ4n) is 3.79. The van der Waals surface area contributed by atoms with Gasteiger partial charge in [-0.15, -0.1) is 0 Å². The van der Waals surface area contributed by atoms with E-state index < -0.39 is 0 Å². The summed E-state index contributed by atoms with van der Waals surface area (Å²) in [5.41, 5.74) is 2.73. The smallest absolute Gasteiger partial charge is 0.251 e. The summed E-state index contributed by atoms with van der Waals surface area (Å²) in [4.78, 5) is 28.9. The number of rotatable bonds is 5. The summed E-state index contributed by atoms with van der Waals surface area (Å²) in [6, 6.07) is 10.1. The number of hydrogen-bond donors (Lipinski definition) is 2. The predicted octanol–water partition coefficient (Wildman–Crippen LogP) is 2.42. The molecule has 1 saturated heterocycles. The number of amides is 1. The number of carbonyl (C=O) groups is 1. The van der Waals surface area contributed by atoms with Gasteiger partial charge in [-0.3, -0.25) is 4.79 Å². The van der Waals surface area contributed by atoms with E-state index in [0.717, 1.165) is 60.5 Å². The molecule has 3 heterocycles. The molecule has 0 unspecified atom stereocenters. The van der Waals surface area contributed by atoms with Crippen LogP contribution in [0, 0.1) is 0 Å². The van der Waals surface area contributed by atoms with Crippen molar-refractivity contribution in [2.75, 3.05) is 32.1 Å². The van der Waals surface area contributed by atoms with E-state index in [4.69, 9.17) is 0 Å². The van der Waals surface area contributed by atoms with Gasteiger partial charge in [-0.1, -0.05) is 12.1 Å². The van der Waals surface area contributed by atoms with Crippen molar-refractivity contribution in [3.63, 3.8) is 0 Å². The van der Waals surface area contributed by atoms with Gasteiger partial charge in [0.05, 0.1) is 5.39 Å². The summed E-state index contributed by atoms with van der Waals surface area (Å²) in [6.45, 7) is 2.55. The maximum absolute atomic E-state index is 12.7. The fourth-order valence-corrected chi connectivity index (χ4v) is 3.79. The van der Waals surface area contributed by atoms with Crippen molar-refractivity contribution in [1.82, 2.24) is 25.2 Å². The molecular formula is C21H26N6O. The summed E-state index contributed by atoms with van der Waals surface area (Å²) in [5.74, 6) is 0.974. The molecule has 7 heteroatoms. The van der Waals surface area contributed by atoms with E-state index in [9.17, 15) is 4.79 Å². The molecule has 0 bridgehead atoms. The molecule has 1 aliphatic heterocycles. The fraction of sp³-hybridized carbons (Fsp3) is 0.381. The average Bonchev–Trinajstić information content (AvgIpc) is 3.17. The van der Waals surface area contributed by atoms with Gasteiger partial charge in [0.25, 0.3) is 5.91 Å². The number of piperidine rings is 1. The van der Waals surface area contributed by atoms with Gasteiger partial charge in [-0.2, -0.15) is 0 Å². The normalized spacial score (nSPS) is 15.3. The summed E-state index contributed by atoms with van der Waals surface area (Å²) >= 11 is 0. The van der Waals surface area contributed by atoms with Crippen LogP contribution in [0.2, 0.25) is 0 Å². The van der Waals surface area contributed by atoms with Crippen LogP contribution in [0.3, 0.4) is 0 Å². The van der Waals surface area contributed by atoms with Crippen LogP contribution < -0.4 is 10.2 Å². The van der Waals surface area contributed by atoms with Gasteiger partial charge >= 0.3 is 0 Å². The lowest BCUT2D eigenvalue weighted by molar-refractivity contribution is 0.0931. The van der Waals surface area contributed by atoms with E-state index in [2.05, 4.69) is 36.1 Å². The molecule has 2 N–H and O–H groups in total. The standard InChI is InChI=1S/C21H26N6O/c1-26(2)13-15-4-3-5-16(12-15)21(28)25-17-7-10-27(11-8-17)20-18-6-9-22-19(18)23-14-24-20/h3-6,9,12,14,17H,7-8,10-11,13H2,1-2H3,(H,25,28)(H,22,23,24). The lowest BCUT2D eigenvalue weighted by Gasteiger charge is -2.33. The van der Waals surface area contributed by atoms with Crippen LogP contribution in [0.5, 0.6) is 0 Å². The number of carbonyl (C=O) groups excluding carboxylic acids is 1. The summed E-state index contributed by atoms with van der Waals surface area (Å²) in [6.07, 6.45) is 5.29. The Bertz CT molecular complexity index is 958. The molecule has 7 nitrogen and oxygen atoms in total. The van der Waals surface area contributed by atoms with Crippen molar-refractivity contribution in [3.05, 3.63) is 54.0 Å². The topological polar surface area (TPSA) is 77.2 Å². The Morgan fingerprint density at radius 2 is 2.07 bits per heavy atom. The molecule has 0 radical (unpaired) electrons. The minimum atomic E-state index is 0.00844. The van der Waals surface area contributed by atoms with Gasteiger partial charge in [0.15, 0.2) is 0 Å². The molecular weight excluding hydrogens is 352 g/mol. The number of fused-ring (bicyclic) bond motifs is 1. The van der Waals surface area contributed by atoms with Gasteiger partial charge in [-0.05, 0) is 50.7 Å². The molecule has 2 aromatic heterocycles. The number of H-pyrrole nitrogens is 1. The van der Waals surface area contributed by atoms with Crippen LogP contribution in [0.15, 0.2) is 42.9 Å². The highest BCUT2D eigenvalue weighted by molar-refractivity contribution is 5.94. The Morgan fingerprint density at radius 1 is 1.25 bits per heavy atom. The Hall–Kier alpha value is -2.93. The first-order chi connectivity index (χ1) is 13.6.